The van der Waals surface area contributed by atoms with Crippen molar-refractivity contribution in [3.05, 3.63) is 54.1 Å². The lowest BCUT2D eigenvalue weighted by atomic mass is 9.78. The molecule has 0 aliphatic carbocycles. The van der Waals surface area contributed by atoms with Crippen LogP contribution in [0.4, 0.5) is 0 Å². The Morgan fingerprint density at radius 1 is 0.781 bits per heavy atom. The molecule has 8 nitrogen and oxygen atoms in total. The number of carboxylic acid groups (broad SMARTS) is 1. The molecule has 0 aliphatic rings. The third-order valence-corrected chi connectivity index (χ3v) is 4.88. The summed E-state index contributed by atoms with van der Waals surface area (Å²) in [5.41, 5.74) is -0.283. The van der Waals surface area contributed by atoms with Crippen molar-refractivity contribution >= 4 is 23.7 Å². The van der Waals surface area contributed by atoms with E-state index in [1.54, 1.807) is 31.4 Å². The summed E-state index contributed by atoms with van der Waals surface area (Å²) in [4.78, 5) is 49.7. The van der Waals surface area contributed by atoms with Gasteiger partial charge in [-0.1, -0.05) is 36.4 Å². The number of ether oxygens (including phenoxy) is 3. The molecular formula is C24H26O8. The van der Waals surface area contributed by atoms with E-state index in [9.17, 15) is 24.3 Å². The van der Waals surface area contributed by atoms with Gasteiger partial charge < -0.3 is 19.3 Å². The van der Waals surface area contributed by atoms with Gasteiger partial charge in [0.1, 0.15) is 5.75 Å². The summed E-state index contributed by atoms with van der Waals surface area (Å²) in [7, 11) is 1.58. The molecule has 0 aromatic heterocycles. The number of carbonyl (C=O) groups excluding carboxylic acids is 3. The number of carboxylic acids is 1. The Hall–Kier alpha value is -3.68. The van der Waals surface area contributed by atoms with Crippen LogP contribution in [0.1, 0.15) is 37.0 Å². The van der Waals surface area contributed by atoms with Gasteiger partial charge in [-0.15, -0.1) is 0 Å². The van der Waals surface area contributed by atoms with E-state index in [0.29, 0.717) is 5.75 Å². The van der Waals surface area contributed by atoms with E-state index >= 15 is 0 Å². The van der Waals surface area contributed by atoms with Gasteiger partial charge in [0, 0.05) is 12.0 Å². The minimum atomic E-state index is -2.26. The molecule has 0 fully saturated rings. The first kappa shape index (κ1) is 24.6. The van der Waals surface area contributed by atoms with Crippen molar-refractivity contribution < 1.29 is 38.5 Å². The smallest absolute Gasteiger partial charge is 0.324 e. The van der Waals surface area contributed by atoms with Crippen molar-refractivity contribution in [3.8, 4) is 16.9 Å². The fourth-order valence-electron chi connectivity index (χ4n) is 3.24. The van der Waals surface area contributed by atoms with Gasteiger partial charge in [0.25, 0.3) is 0 Å². The monoisotopic (exact) mass is 442 g/mol. The second-order valence-electron chi connectivity index (χ2n) is 7.00. The van der Waals surface area contributed by atoms with Gasteiger partial charge in [-0.3, -0.25) is 19.2 Å². The Balaban J connectivity index is 2.33. The topological polar surface area (TPSA) is 116 Å². The van der Waals surface area contributed by atoms with Gasteiger partial charge in [-0.05, 0) is 37.1 Å². The predicted octanol–water partition coefficient (Wildman–Crippen LogP) is 3.52. The molecule has 1 N–H and O–H groups in total. The van der Waals surface area contributed by atoms with Gasteiger partial charge in [0.2, 0.25) is 0 Å². The number of methoxy groups -OCH3 is 1. The molecule has 0 saturated heterocycles. The lowest BCUT2D eigenvalue weighted by Gasteiger charge is -2.27. The molecule has 2 rings (SSSR count). The van der Waals surface area contributed by atoms with Crippen LogP contribution in [0.2, 0.25) is 0 Å². The van der Waals surface area contributed by atoms with Crippen LogP contribution in [-0.4, -0.2) is 49.1 Å². The Bertz CT molecular complexity index is 942. The molecule has 170 valence electrons. The SMILES string of the molecule is CCOC(=O)C(CC(=O)O)(CC(=O)c1ccc(-c2ccc(OC)cc2)cc1)C(=O)OCC. The van der Waals surface area contributed by atoms with E-state index in [1.807, 2.05) is 24.3 Å². The molecule has 0 amide bonds. The van der Waals surface area contributed by atoms with Gasteiger partial charge in [-0.25, -0.2) is 0 Å². The quantitative estimate of drug-likeness (QED) is 0.319. The zero-order valence-electron chi connectivity index (χ0n) is 18.3. The lowest BCUT2D eigenvalue weighted by Crippen LogP contribution is -2.45. The van der Waals surface area contributed by atoms with Crippen LogP contribution < -0.4 is 4.74 Å². The summed E-state index contributed by atoms with van der Waals surface area (Å²) in [6.45, 7) is 2.89. The minimum Gasteiger partial charge on any atom is -0.497 e. The van der Waals surface area contributed by atoms with Crippen LogP contribution in [0.3, 0.4) is 0 Å². The fourth-order valence-corrected chi connectivity index (χ4v) is 3.24. The predicted molar refractivity (Wildman–Crippen MR) is 115 cm³/mol. The van der Waals surface area contributed by atoms with Crippen molar-refractivity contribution in [2.24, 2.45) is 5.41 Å². The number of rotatable bonds is 11. The van der Waals surface area contributed by atoms with Crippen molar-refractivity contribution in [2.75, 3.05) is 20.3 Å². The third kappa shape index (κ3) is 5.72. The molecule has 0 saturated carbocycles. The van der Waals surface area contributed by atoms with E-state index < -0.39 is 41.9 Å². The number of ketones is 1. The van der Waals surface area contributed by atoms with Crippen LogP contribution in [0.25, 0.3) is 11.1 Å². The molecule has 32 heavy (non-hydrogen) atoms. The second-order valence-corrected chi connectivity index (χ2v) is 7.00. The van der Waals surface area contributed by atoms with Crippen molar-refractivity contribution in [3.63, 3.8) is 0 Å². The molecule has 0 spiro atoms. The highest BCUT2D eigenvalue weighted by Crippen LogP contribution is 2.33. The average molecular weight is 442 g/mol. The number of Topliss-reactive ketones (excluding diaryl/α,β-unsaturated/α-hetero) is 1. The molecule has 0 aliphatic heterocycles. The van der Waals surface area contributed by atoms with Crippen LogP contribution >= 0.6 is 0 Å². The summed E-state index contributed by atoms with van der Waals surface area (Å²) in [6.07, 6.45) is -1.60. The summed E-state index contributed by atoms with van der Waals surface area (Å²) < 4.78 is 15.0. The number of benzene rings is 2. The lowest BCUT2D eigenvalue weighted by molar-refractivity contribution is -0.176. The molecule has 0 atom stereocenters. The first-order chi connectivity index (χ1) is 15.3. The molecule has 2 aromatic rings. The van der Waals surface area contributed by atoms with E-state index in [-0.39, 0.29) is 18.8 Å². The highest BCUT2D eigenvalue weighted by atomic mass is 16.6. The van der Waals surface area contributed by atoms with E-state index in [4.69, 9.17) is 14.2 Å². The number of esters is 2. The molecule has 0 unspecified atom stereocenters. The largest absolute Gasteiger partial charge is 0.497 e. The standard InChI is InChI=1S/C24H26O8/c1-4-31-22(28)24(15-21(26)27,23(29)32-5-2)14-20(25)18-8-6-16(7-9-18)17-10-12-19(30-3)13-11-17/h6-13H,4-5,14-15H2,1-3H3,(H,26,27). The molecule has 0 bridgehead atoms. The van der Waals surface area contributed by atoms with Crippen LogP contribution in [0.5, 0.6) is 5.75 Å². The molecular weight excluding hydrogens is 416 g/mol. The van der Waals surface area contributed by atoms with Crippen LogP contribution in [-0.2, 0) is 23.9 Å². The number of hydrogen-bond acceptors (Lipinski definition) is 7. The van der Waals surface area contributed by atoms with E-state index in [2.05, 4.69) is 0 Å². The van der Waals surface area contributed by atoms with Crippen molar-refractivity contribution in [1.82, 2.24) is 0 Å². The minimum absolute atomic E-state index is 0.0790. The maximum Gasteiger partial charge on any atom is 0.324 e. The maximum absolute atomic E-state index is 13.0. The normalized spacial score (nSPS) is 10.8. The van der Waals surface area contributed by atoms with Gasteiger partial charge in [0.05, 0.1) is 26.7 Å². The molecule has 8 heteroatoms. The van der Waals surface area contributed by atoms with Crippen molar-refractivity contribution in [2.45, 2.75) is 26.7 Å². The first-order valence-corrected chi connectivity index (χ1v) is 10.1. The first-order valence-electron chi connectivity index (χ1n) is 10.1. The Morgan fingerprint density at radius 3 is 1.66 bits per heavy atom. The molecule has 0 radical (unpaired) electrons. The van der Waals surface area contributed by atoms with Gasteiger partial charge in [-0.2, -0.15) is 0 Å². The number of carbonyl (C=O) groups is 4. The summed E-state index contributed by atoms with van der Waals surface area (Å²) >= 11 is 0. The summed E-state index contributed by atoms with van der Waals surface area (Å²) in [5, 5.41) is 9.33. The van der Waals surface area contributed by atoms with Crippen molar-refractivity contribution in [1.29, 1.82) is 0 Å². The van der Waals surface area contributed by atoms with E-state index in [1.165, 1.54) is 13.8 Å². The van der Waals surface area contributed by atoms with Gasteiger partial charge >= 0.3 is 17.9 Å². The van der Waals surface area contributed by atoms with Crippen LogP contribution in [0, 0.1) is 5.41 Å². The maximum atomic E-state index is 13.0. The Morgan fingerprint density at radius 2 is 1.25 bits per heavy atom. The van der Waals surface area contributed by atoms with E-state index in [0.717, 1.165) is 11.1 Å². The summed E-state index contributed by atoms with van der Waals surface area (Å²) in [5.74, 6) is -3.47. The second kappa shape index (κ2) is 11.1. The fraction of sp³-hybridized carbons (Fsp3) is 0.333. The highest BCUT2D eigenvalue weighted by Gasteiger charge is 2.52. The zero-order chi connectivity index (χ0) is 23.7. The Kier molecular flexibility index (Phi) is 8.52. The van der Waals surface area contributed by atoms with Gasteiger partial charge in [0.15, 0.2) is 11.2 Å². The third-order valence-electron chi connectivity index (χ3n) is 4.88. The Labute approximate surface area is 186 Å². The summed E-state index contributed by atoms with van der Waals surface area (Å²) in [6, 6.07) is 13.9. The zero-order valence-corrected chi connectivity index (χ0v) is 18.3. The highest BCUT2D eigenvalue weighted by molar-refractivity contribution is 6.09. The van der Waals surface area contributed by atoms with Crippen LogP contribution in [0.15, 0.2) is 48.5 Å². The number of aliphatic carboxylic acids is 1. The molecule has 2 aromatic carbocycles. The molecule has 0 heterocycles. The number of hydrogen-bond donors (Lipinski definition) is 1. The average Bonchev–Trinajstić information content (AvgIpc) is 2.78.